The van der Waals surface area contributed by atoms with Gasteiger partial charge in [0, 0.05) is 10.4 Å². The fraction of sp³-hybridized carbons (Fsp3) is 0.667. The molecule has 0 aromatic carbocycles. The van der Waals surface area contributed by atoms with E-state index in [9.17, 15) is 9.59 Å². The van der Waals surface area contributed by atoms with Crippen molar-refractivity contribution in [1.29, 1.82) is 0 Å². The summed E-state index contributed by atoms with van der Waals surface area (Å²) in [5.74, 6) is -0.654. The number of hydrogen-bond acceptors (Lipinski definition) is 4. The smallest absolute Gasteiger partial charge is 0.349 e. The Balaban J connectivity index is 2.00. The molecule has 0 aliphatic heterocycles. The molecule has 1 atom stereocenters. The quantitative estimate of drug-likeness (QED) is 0.852. The van der Waals surface area contributed by atoms with E-state index in [1.54, 1.807) is 6.92 Å². The highest BCUT2D eigenvalue weighted by Gasteiger charge is 2.24. The summed E-state index contributed by atoms with van der Waals surface area (Å²) in [6, 6.07) is 1.96. The average molecular weight is 337 g/mol. The number of esters is 1. The standard InChI is InChI=1S/C18H27NO3S/c1-12(16(20)19-18(2,3)4)22-17(21)15-11-13-9-7-5-6-8-10-14(13)23-15/h11-12H,5-10H2,1-4H3,(H,19,20). The minimum absolute atomic E-state index is 0.263. The Morgan fingerprint density at radius 3 is 2.48 bits per heavy atom. The molecule has 0 fully saturated rings. The van der Waals surface area contributed by atoms with Crippen molar-refractivity contribution in [3.63, 3.8) is 0 Å². The molecule has 1 N–H and O–H groups in total. The number of rotatable bonds is 3. The second kappa shape index (κ2) is 7.47. The molecule has 2 rings (SSSR count). The van der Waals surface area contributed by atoms with Crippen molar-refractivity contribution in [1.82, 2.24) is 5.32 Å². The maximum Gasteiger partial charge on any atom is 0.349 e. The summed E-state index contributed by atoms with van der Waals surface area (Å²) in [7, 11) is 0. The molecular weight excluding hydrogens is 310 g/mol. The van der Waals surface area contributed by atoms with E-state index in [-0.39, 0.29) is 11.4 Å². The third-order valence-electron chi connectivity index (χ3n) is 3.85. The number of hydrogen-bond donors (Lipinski definition) is 1. The largest absolute Gasteiger partial charge is 0.448 e. The first-order chi connectivity index (χ1) is 10.8. The van der Waals surface area contributed by atoms with Crippen molar-refractivity contribution in [3.8, 4) is 0 Å². The first-order valence-corrected chi connectivity index (χ1v) is 9.22. The van der Waals surface area contributed by atoms with Crippen LogP contribution in [0, 0.1) is 0 Å². The SMILES string of the molecule is CC(OC(=O)c1cc2c(s1)CCCCCC2)C(=O)NC(C)(C)C. The third kappa shape index (κ3) is 5.34. The molecule has 1 unspecified atom stereocenters. The highest BCUT2D eigenvalue weighted by atomic mass is 32.1. The van der Waals surface area contributed by atoms with Gasteiger partial charge in [-0.1, -0.05) is 12.8 Å². The second-order valence-corrected chi connectivity index (χ2v) is 8.40. The molecule has 5 heteroatoms. The zero-order chi connectivity index (χ0) is 17.0. The molecule has 0 spiro atoms. The zero-order valence-electron chi connectivity index (χ0n) is 14.5. The van der Waals surface area contributed by atoms with E-state index >= 15 is 0 Å². The molecule has 1 aliphatic carbocycles. The number of aryl methyl sites for hydroxylation is 2. The Morgan fingerprint density at radius 2 is 1.83 bits per heavy atom. The number of nitrogens with one attached hydrogen (secondary N) is 1. The van der Waals surface area contributed by atoms with E-state index in [4.69, 9.17) is 4.74 Å². The third-order valence-corrected chi connectivity index (χ3v) is 5.07. The number of carbonyl (C=O) groups excluding carboxylic acids is 2. The fourth-order valence-electron chi connectivity index (χ4n) is 2.69. The first-order valence-electron chi connectivity index (χ1n) is 8.41. The zero-order valence-corrected chi connectivity index (χ0v) is 15.3. The Morgan fingerprint density at radius 1 is 1.17 bits per heavy atom. The molecule has 1 amide bonds. The minimum Gasteiger partial charge on any atom is -0.448 e. The van der Waals surface area contributed by atoms with Crippen molar-refractivity contribution in [2.24, 2.45) is 0 Å². The Hall–Kier alpha value is -1.36. The first kappa shape index (κ1) is 18.0. The Kier molecular flexibility index (Phi) is 5.84. The van der Waals surface area contributed by atoms with Crippen molar-refractivity contribution in [3.05, 3.63) is 21.4 Å². The van der Waals surface area contributed by atoms with E-state index in [2.05, 4.69) is 5.32 Å². The van der Waals surface area contributed by atoms with Crippen LogP contribution in [0.2, 0.25) is 0 Å². The van der Waals surface area contributed by atoms with Gasteiger partial charge >= 0.3 is 5.97 Å². The molecule has 23 heavy (non-hydrogen) atoms. The van der Waals surface area contributed by atoms with E-state index < -0.39 is 12.1 Å². The van der Waals surface area contributed by atoms with Crippen LogP contribution in [0.4, 0.5) is 0 Å². The second-order valence-electron chi connectivity index (χ2n) is 7.26. The maximum atomic E-state index is 12.3. The van der Waals surface area contributed by atoms with E-state index in [1.165, 1.54) is 47.5 Å². The van der Waals surface area contributed by atoms with Crippen LogP contribution in [0.25, 0.3) is 0 Å². The van der Waals surface area contributed by atoms with Crippen LogP contribution in [0.3, 0.4) is 0 Å². The molecule has 0 radical (unpaired) electrons. The number of carbonyl (C=O) groups is 2. The molecule has 4 nitrogen and oxygen atoms in total. The molecular formula is C18H27NO3S. The maximum absolute atomic E-state index is 12.3. The lowest BCUT2D eigenvalue weighted by Crippen LogP contribution is -2.46. The normalized spacial score (nSPS) is 16.7. The van der Waals surface area contributed by atoms with Crippen LogP contribution < -0.4 is 5.32 Å². The lowest BCUT2D eigenvalue weighted by atomic mass is 10.00. The monoisotopic (exact) mass is 337 g/mol. The number of ether oxygens (including phenoxy) is 1. The summed E-state index contributed by atoms with van der Waals surface area (Å²) >= 11 is 1.53. The van der Waals surface area contributed by atoms with Gasteiger partial charge in [0.25, 0.3) is 5.91 Å². The lowest BCUT2D eigenvalue weighted by Gasteiger charge is -2.23. The number of amides is 1. The van der Waals surface area contributed by atoms with Crippen LogP contribution in [-0.4, -0.2) is 23.5 Å². The fourth-order valence-corrected chi connectivity index (χ4v) is 3.82. The van der Waals surface area contributed by atoms with Gasteiger partial charge < -0.3 is 10.1 Å². The van der Waals surface area contributed by atoms with Gasteiger partial charge in [0.1, 0.15) is 4.88 Å². The van der Waals surface area contributed by atoms with Crippen LogP contribution in [0.5, 0.6) is 0 Å². The molecule has 1 aromatic heterocycles. The summed E-state index contributed by atoms with van der Waals surface area (Å²) in [5.41, 5.74) is 0.949. The van der Waals surface area contributed by atoms with Gasteiger partial charge in [-0.25, -0.2) is 4.79 Å². The van der Waals surface area contributed by atoms with Gasteiger partial charge in [0.15, 0.2) is 6.10 Å². The molecule has 0 saturated heterocycles. The van der Waals surface area contributed by atoms with E-state index in [0.717, 1.165) is 12.8 Å². The predicted molar refractivity (Wildman–Crippen MR) is 93.0 cm³/mol. The highest BCUT2D eigenvalue weighted by Crippen LogP contribution is 2.29. The van der Waals surface area contributed by atoms with Crippen molar-refractivity contribution >= 4 is 23.2 Å². The Labute approximate surface area is 142 Å². The molecule has 1 aliphatic rings. The minimum atomic E-state index is -0.786. The van der Waals surface area contributed by atoms with Crippen LogP contribution in [0.1, 0.15) is 73.5 Å². The predicted octanol–water partition coefficient (Wildman–Crippen LogP) is 3.87. The summed E-state index contributed by atoms with van der Waals surface area (Å²) in [6.07, 6.45) is 6.20. The molecule has 1 heterocycles. The number of thiophene rings is 1. The van der Waals surface area contributed by atoms with E-state index in [0.29, 0.717) is 4.88 Å². The molecule has 0 bridgehead atoms. The van der Waals surface area contributed by atoms with Crippen molar-refractivity contribution < 1.29 is 14.3 Å². The van der Waals surface area contributed by atoms with E-state index in [1.807, 2.05) is 26.8 Å². The van der Waals surface area contributed by atoms with Crippen LogP contribution in [0.15, 0.2) is 6.07 Å². The van der Waals surface area contributed by atoms with Crippen molar-refractivity contribution in [2.45, 2.75) is 77.9 Å². The lowest BCUT2D eigenvalue weighted by molar-refractivity contribution is -0.130. The summed E-state index contributed by atoms with van der Waals surface area (Å²) in [6.45, 7) is 7.32. The van der Waals surface area contributed by atoms with Crippen LogP contribution >= 0.6 is 11.3 Å². The van der Waals surface area contributed by atoms with Gasteiger partial charge in [0.05, 0.1) is 0 Å². The molecule has 128 valence electrons. The number of fused-ring (bicyclic) bond motifs is 1. The van der Waals surface area contributed by atoms with Crippen LogP contribution in [-0.2, 0) is 22.4 Å². The topological polar surface area (TPSA) is 55.4 Å². The van der Waals surface area contributed by atoms with Gasteiger partial charge in [0.2, 0.25) is 0 Å². The van der Waals surface area contributed by atoms with Gasteiger partial charge in [-0.3, -0.25) is 4.79 Å². The summed E-state index contributed by atoms with van der Waals surface area (Å²) < 4.78 is 5.34. The average Bonchev–Trinajstić information content (AvgIpc) is 2.79. The van der Waals surface area contributed by atoms with Crippen molar-refractivity contribution in [2.75, 3.05) is 0 Å². The molecule has 0 saturated carbocycles. The highest BCUT2D eigenvalue weighted by molar-refractivity contribution is 7.14. The van der Waals surface area contributed by atoms with Gasteiger partial charge in [-0.15, -0.1) is 11.3 Å². The Bertz CT molecular complexity index is 546. The van der Waals surface area contributed by atoms with Gasteiger partial charge in [-0.2, -0.15) is 0 Å². The van der Waals surface area contributed by atoms with Gasteiger partial charge in [-0.05, 0) is 65.0 Å². The summed E-state index contributed by atoms with van der Waals surface area (Å²) in [4.78, 5) is 26.3. The summed E-state index contributed by atoms with van der Waals surface area (Å²) in [5, 5.41) is 2.83. The molecule has 1 aromatic rings.